The Balaban J connectivity index is 1.73. The molecule has 4 N–H and O–H groups in total. The van der Waals surface area contributed by atoms with Gasteiger partial charge in [-0.2, -0.15) is 0 Å². The van der Waals surface area contributed by atoms with Crippen LogP contribution in [0.3, 0.4) is 0 Å². The summed E-state index contributed by atoms with van der Waals surface area (Å²) >= 11 is 0. The van der Waals surface area contributed by atoms with Gasteiger partial charge in [-0.3, -0.25) is 4.79 Å². The summed E-state index contributed by atoms with van der Waals surface area (Å²) in [6, 6.07) is -0.366. The van der Waals surface area contributed by atoms with E-state index in [1.807, 2.05) is 6.08 Å². The lowest BCUT2D eigenvalue weighted by Gasteiger charge is -2.60. The molecule has 0 aromatic rings. The molecule has 4 rings (SSSR count). The van der Waals surface area contributed by atoms with Gasteiger partial charge in [-0.05, 0) is 60.2 Å². The van der Waals surface area contributed by atoms with Gasteiger partial charge in [0.25, 0.3) is 0 Å². The van der Waals surface area contributed by atoms with Gasteiger partial charge in [-0.15, -0.1) is 0 Å². The predicted molar refractivity (Wildman–Crippen MR) is 87.4 cm³/mol. The fourth-order valence-electron chi connectivity index (χ4n) is 6.60. The number of fused-ring (bicyclic) bond motifs is 5. The highest BCUT2D eigenvalue weighted by Gasteiger charge is 2.63. The number of Topliss-reactive ketones (excluding diaryl/α,β-unsaturated/α-hetero) is 1. The molecule has 4 aliphatic carbocycles. The van der Waals surface area contributed by atoms with Gasteiger partial charge in [0.1, 0.15) is 5.78 Å². The van der Waals surface area contributed by atoms with Gasteiger partial charge in [0.2, 0.25) is 0 Å². The summed E-state index contributed by atoms with van der Waals surface area (Å²) in [6.07, 6.45) is 7.37. The van der Waals surface area contributed by atoms with Crippen LogP contribution in [0.5, 0.6) is 0 Å². The second kappa shape index (κ2) is 4.90. The monoisotopic (exact) mass is 319 g/mol. The number of ketones is 1. The normalized spacial score (nSPS) is 58.5. The fraction of sp³-hybridized carbons (Fsp3) is 0.842. The fourth-order valence-corrected chi connectivity index (χ4v) is 6.60. The Morgan fingerprint density at radius 1 is 1.22 bits per heavy atom. The molecule has 0 bridgehead atoms. The Labute approximate surface area is 138 Å². The zero-order valence-corrected chi connectivity index (χ0v) is 14.1. The highest BCUT2D eigenvalue weighted by molar-refractivity contribution is 5.87. The maximum absolute atomic E-state index is 12.3. The first-order valence-electron chi connectivity index (χ1n) is 9.11. The third kappa shape index (κ3) is 1.98. The van der Waals surface area contributed by atoms with Gasteiger partial charge in [0.05, 0.1) is 18.2 Å². The van der Waals surface area contributed by atoms with E-state index in [9.17, 15) is 15.0 Å². The Kier molecular flexibility index (Phi) is 3.37. The van der Waals surface area contributed by atoms with Gasteiger partial charge in [0, 0.05) is 6.42 Å². The van der Waals surface area contributed by atoms with Crippen LogP contribution in [0.25, 0.3) is 0 Å². The van der Waals surface area contributed by atoms with Crippen LogP contribution in [0.2, 0.25) is 0 Å². The third-order valence-corrected chi connectivity index (χ3v) is 8.10. The van der Waals surface area contributed by atoms with Crippen molar-refractivity contribution in [2.45, 2.75) is 64.2 Å². The van der Waals surface area contributed by atoms with Crippen LogP contribution in [-0.4, -0.2) is 34.2 Å². The summed E-state index contributed by atoms with van der Waals surface area (Å²) < 4.78 is 0. The Hall–Kier alpha value is -0.710. The van der Waals surface area contributed by atoms with E-state index >= 15 is 0 Å². The molecular weight excluding hydrogens is 290 g/mol. The number of carbonyl (C=O) groups excluding carboxylic acids is 1. The summed E-state index contributed by atoms with van der Waals surface area (Å²) in [5, 5.41) is 20.9. The molecule has 128 valence electrons. The first-order chi connectivity index (χ1) is 10.8. The summed E-state index contributed by atoms with van der Waals surface area (Å²) in [5.74, 6) is 1.25. The molecule has 4 unspecified atom stereocenters. The first kappa shape index (κ1) is 15.8. The predicted octanol–water partition coefficient (Wildman–Crippen LogP) is 1.64. The average Bonchev–Trinajstić information content (AvgIpc) is 2.73. The van der Waals surface area contributed by atoms with Crippen molar-refractivity contribution in [2.75, 3.05) is 0 Å². The summed E-state index contributed by atoms with van der Waals surface area (Å²) in [6.45, 7) is 4.45. The SMILES string of the molecule is C[C@]12C=CC(O)CC1CC(O)[C@@H]1[C@H]2CC[C@]2(C)C(N)C(=O)C[C@@H]12. The van der Waals surface area contributed by atoms with Gasteiger partial charge >= 0.3 is 0 Å². The molecule has 0 aromatic heterocycles. The number of aliphatic hydroxyl groups excluding tert-OH is 2. The second-order valence-corrected chi connectivity index (χ2v) is 9.01. The van der Waals surface area contributed by atoms with Crippen molar-refractivity contribution in [1.29, 1.82) is 0 Å². The lowest BCUT2D eigenvalue weighted by Crippen LogP contribution is -2.58. The van der Waals surface area contributed by atoms with Crippen molar-refractivity contribution in [3.05, 3.63) is 12.2 Å². The number of hydrogen-bond donors (Lipinski definition) is 3. The van der Waals surface area contributed by atoms with Crippen LogP contribution in [0.15, 0.2) is 12.2 Å². The molecule has 0 radical (unpaired) electrons. The number of carbonyl (C=O) groups is 1. The van der Waals surface area contributed by atoms with E-state index in [1.54, 1.807) is 0 Å². The number of hydrogen-bond acceptors (Lipinski definition) is 4. The van der Waals surface area contributed by atoms with E-state index in [0.717, 1.165) is 25.7 Å². The molecule has 4 heteroatoms. The number of nitrogens with two attached hydrogens (primary N) is 1. The maximum atomic E-state index is 12.3. The summed E-state index contributed by atoms with van der Waals surface area (Å²) in [7, 11) is 0. The average molecular weight is 319 g/mol. The smallest absolute Gasteiger partial charge is 0.150 e. The molecule has 3 saturated carbocycles. The molecule has 0 spiro atoms. The van der Waals surface area contributed by atoms with E-state index in [1.165, 1.54) is 0 Å². The highest BCUT2D eigenvalue weighted by atomic mass is 16.3. The van der Waals surface area contributed by atoms with Crippen LogP contribution < -0.4 is 5.73 Å². The summed E-state index contributed by atoms with van der Waals surface area (Å²) in [4.78, 5) is 12.3. The number of rotatable bonds is 0. The minimum absolute atomic E-state index is 0.0280. The van der Waals surface area contributed by atoms with Crippen molar-refractivity contribution in [2.24, 2.45) is 40.2 Å². The minimum atomic E-state index is -0.382. The Morgan fingerprint density at radius 3 is 2.70 bits per heavy atom. The van der Waals surface area contributed by atoms with Crippen molar-refractivity contribution in [3.8, 4) is 0 Å². The van der Waals surface area contributed by atoms with Gasteiger partial charge in [0.15, 0.2) is 0 Å². The minimum Gasteiger partial charge on any atom is -0.393 e. The van der Waals surface area contributed by atoms with E-state index in [2.05, 4.69) is 19.9 Å². The molecule has 0 aromatic carbocycles. The molecule has 9 atom stereocenters. The van der Waals surface area contributed by atoms with Crippen LogP contribution in [-0.2, 0) is 4.79 Å². The third-order valence-electron chi connectivity index (χ3n) is 8.10. The standard InChI is InChI=1S/C19H29NO3/c1-18-5-3-11(21)7-10(18)8-14(22)16-12(18)4-6-19(2)13(16)9-15(23)17(19)20/h3,5,10-14,16-17,21-22H,4,6-9,20H2,1-2H3/t10?,11?,12-,13+,14?,16-,17?,18+,19+/m1/s1. The van der Waals surface area contributed by atoms with Crippen molar-refractivity contribution >= 4 is 5.78 Å². The van der Waals surface area contributed by atoms with Crippen LogP contribution >= 0.6 is 0 Å². The van der Waals surface area contributed by atoms with Crippen LogP contribution in [0.1, 0.15) is 46.0 Å². The summed E-state index contributed by atoms with van der Waals surface area (Å²) in [5.41, 5.74) is 6.11. The molecule has 0 aliphatic heterocycles. The quantitative estimate of drug-likeness (QED) is 0.593. The topological polar surface area (TPSA) is 83.6 Å². The maximum Gasteiger partial charge on any atom is 0.150 e. The lowest BCUT2D eigenvalue weighted by atomic mass is 9.45. The number of allylic oxidation sites excluding steroid dienone is 1. The molecule has 0 heterocycles. The first-order valence-corrected chi connectivity index (χ1v) is 9.11. The zero-order valence-electron chi connectivity index (χ0n) is 14.1. The Morgan fingerprint density at radius 2 is 1.96 bits per heavy atom. The van der Waals surface area contributed by atoms with Crippen molar-refractivity contribution in [3.63, 3.8) is 0 Å². The van der Waals surface area contributed by atoms with E-state index < -0.39 is 0 Å². The van der Waals surface area contributed by atoms with Crippen molar-refractivity contribution in [1.82, 2.24) is 0 Å². The van der Waals surface area contributed by atoms with Crippen LogP contribution in [0.4, 0.5) is 0 Å². The second-order valence-electron chi connectivity index (χ2n) is 9.01. The van der Waals surface area contributed by atoms with E-state index in [4.69, 9.17) is 5.73 Å². The molecule has 23 heavy (non-hydrogen) atoms. The molecule has 3 fully saturated rings. The van der Waals surface area contributed by atoms with Crippen molar-refractivity contribution < 1.29 is 15.0 Å². The van der Waals surface area contributed by atoms with E-state index in [-0.39, 0.29) is 46.7 Å². The highest BCUT2D eigenvalue weighted by Crippen LogP contribution is 2.64. The van der Waals surface area contributed by atoms with Gasteiger partial charge in [-0.25, -0.2) is 0 Å². The van der Waals surface area contributed by atoms with Gasteiger partial charge in [-0.1, -0.05) is 26.0 Å². The largest absolute Gasteiger partial charge is 0.393 e. The van der Waals surface area contributed by atoms with Gasteiger partial charge < -0.3 is 15.9 Å². The van der Waals surface area contributed by atoms with Crippen LogP contribution in [0, 0.1) is 34.5 Å². The molecule has 4 aliphatic rings. The lowest BCUT2D eigenvalue weighted by molar-refractivity contribution is -0.139. The molecular formula is C19H29NO3. The molecule has 0 amide bonds. The number of aliphatic hydroxyl groups is 2. The molecule has 0 saturated heterocycles. The van der Waals surface area contributed by atoms with E-state index in [0.29, 0.717) is 18.3 Å². The molecule has 4 nitrogen and oxygen atoms in total. The zero-order chi connectivity index (χ0) is 16.6. The Bertz CT molecular complexity index is 561.